The van der Waals surface area contributed by atoms with Gasteiger partial charge in [-0.05, 0) is 37.8 Å². The summed E-state index contributed by atoms with van der Waals surface area (Å²) in [5, 5.41) is 0. The normalized spacial score (nSPS) is 11.2. The first-order valence-corrected chi connectivity index (χ1v) is 7.13. The summed E-state index contributed by atoms with van der Waals surface area (Å²) in [6, 6.07) is 7.89. The molecule has 0 fully saturated rings. The Morgan fingerprint density at radius 2 is 1.90 bits per heavy atom. The van der Waals surface area contributed by atoms with Gasteiger partial charge < -0.3 is 5.73 Å². The van der Waals surface area contributed by atoms with Crippen molar-refractivity contribution in [2.75, 3.05) is 5.73 Å². The number of hydrogen-bond donors (Lipinski definition) is 1. The molecule has 1 aromatic heterocycles. The molecule has 0 unspecified atom stereocenters. The van der Waals surface area contributed by atoms with Crippen LogP contribution in [0, 0.1) is 12.8 Å². The Morgan fingerprint density at radius 1 is 1.25 bits per heavy atom. The number of benzene rings is 1. The van der Waals surface area contributed by atoms with Crippen LogP contribution in [0.15, 0.2) is 29.1 Å². The van der Waals surface area contributed by atoms with E-state index in [4.69, 9.17) is 5.73 Å². The minimum atomic E-state index is -0.114. The topological polar surface area (TPSA) is 52.9 Å². The minimum absolute atomic E-state index is 0.114. The summed E-state index contributed by atoms with van der Waals surface area (Å²) in [5.74, 6) is 0.460. The van der Waals surface area contributed by atoms with E-state index in [-0.39, 0.29) is 5.56 Å². The Kier molecular flexibility index (Phi) is 4.02. The third-order valence-corrected chi connectivity index (χ3v) is 3.53. The molecule has 4 nitrogen and oxygen atoms in total. The Bertz CT molecular complexity index is 665. The summed E-state index contributed by atoms with van der Waals surface area (Å²) in [6.45, 7) is 9.04. The fourth-order valence-electron chi connectivity index (χ4n) is 2.58. The summed E-state index contributed by atoms with van der Waals surface area (Å²) < 4.78 is 3.71. The van der Waals surface area contributed by atoms with E-state index < -0.39 is 0 Å². The molecule has 0 spiro atoms. The van der Waals surface area contributed by atoms with Gasteiger partial charge in [0.2, 0.25) is 0 Å². The molecule has 0 radical (unpaired) electrons. The second-order valence-electron chi connectivity index (χ2n) is 5.58. The lowest BCUT2D eigenvalue weighted by Gasteiger charge is -2.15. The largest absolute Gasteiger partial charge is 0.393 e. The highest BCUT2D eigenvalue weighted by Crippen LogP contribution is 2.19. The lowest BCUT2D eigenvalue weighted by molar-refractivity contribution is 0.519. The number of anilines is 1. The zero-order chi connectivity index (χ0) is 14.9. The summed E-state index contributed by atoms with van der Waals surface area (Å²) in [4.78, 5) is 12.5. The molecule has 2 aromatic rings. The van der Waals surface area contributed by atoms with Gasteiger partial charge >= 0.3 is 0 Å². The van der Waals surface area contributed by atoms with Crippen LogP contribution in [0.1, 0.15) is 32.0 Å². The van der Waals surface area contributed by atoms with Gasteiger partial charge in [0.15, 0.2) is 0 Å². The molecule has 108 valence electrons. The van der Waals surface area contributed by atoms with Crippen molar-refractivity contribution in [3.8, 4) is 5.69 Å². The van der Waals surface area contributed by atoms with Gasteiger partial charge in [0, 0.05) is 6.54 Å². The van der Waals surface area contributed by atoms with E-state index in [0.717, 1.165) is 29.9 Å². The summed E-state index contributed by atoms with van der Waals surface area (Å²) in [7, 11) is 0. The molecule has 4 heteroatoms. The quantitative estimate of drug-likeness (QED) is 0.931. The highest BCUT2D eigenvalue weighted by atomic mass is 16.1. The van der Waals surface area contributed by atoms with E-state index in [9.17, 15) is 4.79 Å². The van der Waals surface area contributed by atoms with Crippen molar-refractivity contribution in [2.24, 2.45) is 5.92 Å². The van der Waals surface area contributed by atoms with Crippen molar-refractivity contribution in [1.82, 2.24) is 9.36 Å². The van der Waals surface area contributed by atoms with Gasteiger partial charge in [-0.25, -0.2) is 4.68 Å². The van der Waals surface area contributed by atoms with Crippen LogP contribution >= 0.6 is 0 Å². The molecule has 0 aliphatic rings. The van der Waals surface area contributed by atoms with Crippen molar-refractivity contribution in [1.29, 1.82) is 0 Å². The first-order valence-electron chi connectivity index (χ1n) is 7.13. The smallest absolute Gasteiger partial charge is 0.294 e. The number of aromatic nitrogens is 2. The van der Waals surface area contributed by atoms with Gasteiger partial charge in [-0.1, -0.05) is 32.0 Å². The lowest BCUT2D eigenvalue weighted by atomic mass is 10.1. The van der Waals surface area contributed by atoms with Gasteiger partial charge in [0.25, 0.3) is 5.56 Å². The Morgan fingerprint density at radius 3 is 2.45 bits per heavy atom. The maximum absolute atomic E-state index is 12.5. The van der Waals surface area contributed by atoms with Crippen LogP contribution in [0.25, 0.3) is 5.69 Å². The monoisotopic (exact) mass is 273 g/mol. The predicted octanol–water partition coefficient (Wildman–Crippen LogP) is 2.75. The Hall–Kier alpha value is -1.97. The van der Waals surface area contributed by atoms with Crippen LogP contribution in [0.2, 0.25) is 0 Å². The fourth-order valence-corrected chi connectivity index (χ4v) is 2.58. The van der Waals surface area contributed by atoms with Crippen LogP contribution < -0.4 is 11.3 Å². The Balaban J connectivity index is 2.71. The third kappa shape index (κ3) is 2.38. The van der Waals surface area contributed by atoms with Crippen molar-refractivity contribution < 1.29 is 0 Å². The molecular weight excluding hydrogens is 250 g/mol. The van der Waals surface area contributed by atoms with E-state index in [0.29, 0.717) is 11.6 Å². The van der Waals surface area contributed by atoms with Crippen LogP contribution in [0.3, 0.4) is 0 Å². The second-order valence-corrected chi connectivity index (χ2v) is 5.58. The Labute approximate surface area is 119 Å². The number of nitrogens with two attached hydrogens (primary N) is 1. The zero-order valence-corrected chi connectivity index (χ0v) is 12.7. The van der Waals surface area contributed by atoms with Crippen LogP contribution in [0.5, 0.6) is 0 Å². The number of rotatable bonds is 4. The maximum Gasteiger partial charge on any atom is 0.294 e. The van der Waals surface area contributed by atoms with Gasteiger partial charge in [-0.2, -0.15) is 0 Å². The number of aryl methyl sites for hydroxylation is 1. The van der Waals surface area contributed by atoms with Gasteiger partial charge in [0.1, 0.15) is 5.69 Å². The molecule has 0 aliphatic heterocycles. The van der Waals surface area contributed by atoms with Crippen LogP contribution in [-0.2, 0) is 13.0 Å². The van der Waals surface area contributed by atoms with E-state index in [1.165, 1.54) is 0 Å². The average Bonchev–Trinajstić information content (AvgIpc) is 2.63. The summed E-state index contributed by atoms with van der Waals surface area (Å²) in [5.41, 5.74) is 9.24. The maximum atomic E-state index is 12.5. The molecule has 0 amide bonds. The molecular formula is C16H23N3O. The summed E-state index contributed by atoms with van der Waals surface area (Å²) >= 11 is 0. The predicted molar refractivity (Wildman–Crippen MR) is 83.4 cm³/mol. The third-order valence-electron chi connectivity index (χ3n) is 3.53. The average molecular weight is 273 g/mol. The van der Waals surface area contributed by atoms with E-state index in [2.05, 4.69) is 13.8 Å². The highest BCUT2D eigenvalue weighted by molar-refractivity contribution is 5.48. The van der Waals surface area contributed by atoms with Gasteiger partial charge in [-0.15, -0.1) is 0 Å². The SMILES string of the molecule is CCn1c(CC(C)C)c(N)c(=O)n1-c1ccccc1C. The molecule has 1 aromatic carbocycles. The van der Waals surface area contributed by atoms with Crippen LogP contribution in [-0.4, -0.2) is 9.36 Å². The van der Waals surface area contributed by atoms with Crippen molar-refractivity contribution in [3.63, 3.8) is 0 Å². The minimum Gasteiger partial charge on any atom is -0.393 e. The van der Waals surface area contributed by atoms with Crippen LogP contribution in [0.4, 0.5) is 5.69 Å². The number of nitrogens with zero attached hydrogens (tertiary/aromatic N) is 2. The van der Waals surface area contributed by atoms with Crippen molar-refractivity contribution in [3.05, 3.63) is 45.9 Å². The fraction of sp³-hybridized carbons (Fsp3) is 0.438. The lowest BCUT2D eigenvalue weighted by Crippen LogP contribution is -2.23. The molecule has 0 atom stereocenters. The zero-order valence-electron chi connectivity index (χ0n) is 12.7. The van der Waals surface area contributed by atoms with E-state index in [1.807, 2.05) is 42.8 Å². The van der Waals surface area contributed by atoms with E-state index in [1.54, 1.807) is 4.68 Å². The van der Waals surface area contributed by atoms with E-state index >= 15 is 0 Å². The first kappa shape index (κ1) is 14.4. The molecule has 0 saturated heterocycles. The summed E-state index contributed by atoms with van der Waals surface area (Å²) in [6.07, 6.45) is 0.813. The standard InChI is InChI=1S/C16H23N3O/c1-5-18-14(10-11(2)3)15(17)16(20)19(18)13-9-7-6-8-12(13)4/h6-9,11H,5,10,17H2,1-4H3. The molecule has 1 heterocycles. The van der Waals surface area contributed by atoms with Gasteiger partial charge in [-0.3, -0.25) is 9.48 Å². The molecule has 20 heavy (non-hydrogen) atoms. The second kappa shape index (κ2) is 5.57. The molecule has 2 N–H and O–H groups in total. The van der Waals surface area contributed by atoms with Gasteiger partial charge in [0.05, 0.1) is 11.4 Å². The highest BCUT2D eigenvalue weighted by Gasteiger charge is 2.19. The number of nitrogen functional groups attached to an aromatic ring is 1. The first-order chi connectivity index (χ1) is 9.47. The molecule has 0 aliphatic carbocycles. The molecule has 0 bridgehead atoms. The number of para-hydroxylation sites is 1. The molecule has 0 saturated carbocycles. The van der Waals surface area contributed by atoms with Crippen molar-refractivity contribution in [2.45, 2.75) is 40.7 Å². The number of hydrogen-bond acceptors (Lipinski definition) is 2. The molecule has 2 rings (SSSR count). The van der Waals surface area contributed by atoms with Crippen molar-refractivity contribution >= 4 is 5.69 Å².